The summed E-state index contributed by atoms with van der Waals surface area (Å²) in [6.45, 7) is 7.18. The van der Waals surface area contributed by atoms with Crippen molar-refractivity contribution in [3.05, 3.63) is 23.3 Å². The average molecular weight is 368 g/mol. The number of carbonyl (C=O) groups excluding carboxylic acids is 1. The van der Waals surface area contributed by atoms with Crippen LogP contribution in [0.3, 0.4) is 0 Å². The quantitative estimate of drug-likeness (QED) is 0.835. The van der Waals surface area contributed by atoms with Gasteiger partial charge in [0.25, 0.3) is 0 Å². The molecule has 1 N–H and O–H groups in total. The lowest BCUT2D eigenvalue weighted by Gasteiger charge is -2.31. The van der Waals surface area contributed by atoms with Gasteiger partial charge in [-0.2, -0.15) is 4.31 Å². The van der Waals surface area contributed by atoms with Gasteiger partial charge in [-0.15, -0.1) is 0 Å². The summed E-state index contributed by atoms with van der Waals surface area (Å²) < 4.78 is 32.8. The molecule has 1 aliphatic rings. The topological polar surface area (TPSA) is 75.7 Å². The van der Waals surface area contributed by atoms with Crippen molar-refractivity contribution in [1.29, 1.82) is 0 Å². The summed E-state index contributed by atoms with van der Waals surface area (Å²) in [4.78, 5) is 12.3. The Morgan fingerprint density at radius 1 is 1.24 bits per heavy atom. The monoisotopic (exact) mass is 368 g/mol. The van der Waals surface area contributed by atoms with Crippen molar-refractivity contribution in [3.8, 4) is 5.75 Å². The van der Waals surface area contributed by atoms with E-state index in [4.69, 9.17) is 4.74 Å². The van der Waals surface area contributed by atoms with E-state index in [1.165, 1.54) is 11.4 Å². The Morgan fingerprint density at radius 2 is 1.84 bits per heavy atom. The fourth-order valence-electron chi connectivity index (χ4n) is 3.01. The molecule has 140 valence electrons. The summed E-state index contributed by atoms with van der Waals surface area (Å²) in [6, 6.07) is 3.43. The minimum atomic E-state index is -3.63. The number of amides is 1. The van der Waals surface area contributed by atoms with Crippen LogP contribution in [0, 0.1) is 19.8 Å². The van der Waals surface area contributed by atoms with Crippen molar-refractivity contribution < 1.29 is 17.9 Å². The van der Waals surface area contributed by atoms with Gasteiger partial charge in [0.2, 0.25) is 15.9 Å². The summed E-state index contributed by atoms with van der Waals surface area (Å²) in [6.07, 6.45) is 1.98. The third-order valence-corrected chi connectivity index (χ3v) is 6.69. The van der Waals surface area contributed by atoms with Crippen LogP contribution < -0.4 is 10.1 Å². The van der Waals surface area contributed by atoms with Crippen molar-refractivity contribution in [1.82, 2.24) is 9.62 Å². The molecule has 1 aromatic rings. The molecule has 7 heteroatoms. The van der Waals surface area contributed by atoms with Gasteiger partial charge in [0.15, 0.2) is 0 Å². The lowest BCUT2D eigenvalue weighted by Crippen LogP contribution is -2.43. The Bertz CT molecular complexity index is 723. The molecule has 0 radical (unpaired) electrons. The van der Waals surface area contributed by atoms with Gasteiger partial charge in [-0.25, -0.2) is 8.42 Å². The molecule has 1 aliphatic heterocycles. The number of aryl methyl sites for hydroxylation is 2. The van der Waals surface area contributed by atoms with E-state index in [-0.39, 0.29) is 16.7 Å². The van der Waals surface area contributed by atoms with E-state index in [9.17, 15) is 13.2 Å². The summed E-state index contributed by atoms with van der Waals surface area (Å²) in [5, 5.41) is 2.89. The molecule has 0 atom stereocenters. The molecule has 1 saturated heterocycles. The van der Waals surface area contributed by atoms with Crippen molar-refractivity contribution in [2.45, 2.75) is 44.9 Å². The van der Waals surface area contributed by atoms with Gasteiger partial charge in [0, 0.05) is 25.6 Å². The van der Waals surface area contributed by atoms with Crippen LogP contribution in [0.25, 0.3) is 0 Å². The molecule has 0 bridgehead atoms. The molecular formula is C18H28N2O4S. The molecule has 25 heavy (non-hydrogen) atoms. The Morgan fingerprint density at radius 3 is 2.40 bits per heavy atom. The zero-order chi connectivity index (χ0) is 18.6. The maximum Gasteiger partial charge on any atom is 0.246 e. The van der Waals surface area contributed by atoms with Crippen LogP contribution in [0.1, 0.15) is 37.3 Å². The molecule has 1 heterocycles. The van der Waals surface area contributed by atoms with Crippen molar-refractivity contribution in [3.63, 3.8) is 0 Å². The van der Waals surface area contributed by atoms with Crippen LogP contribution in [0.15, 0.2) is 17.0 Å². The summed E-state index contributed by atoms with van der Waals surface area (Å²) >= 11 is 0. The summed E-state index contributed by atoms with van der Waals surface area (Å²) in [5.41, 5.74) is 1.90. The Kier molecular flexibility index (Phi) is 6.46. The minimum absolute atomic E-state index is 0.0302. The predicted molar refractivity (Wildman–Crippen MR) is 97.3 cm³/mol. The number of benzene rings is 1. The smallest absolute Gasteiger partial charge is 0.246 e. The fraction of sp³-hybridized carbons (Fsp3) is 0.611. The highest BCUT2D eigenvalue weighted by atomic mass is 32.2. The molecule has 0 unspecified atom stereocenters. The molecule has 0 spiro atoms. The van der Waals surface area contributed by atoms with Gasteiger partial charge in [0.05, 0.1) is 7.11 Å². The molecule has 0 aromatic heterocycles. The van der Waals surface area contributed by atoms with E-state index in [1.54, 1.807) is 12.1 Å². The van der Waals surface area contributed by atoms with Crippen LogP contribution in [-0.2, 0) is 14.8 Å². The van der Waals surface area contributed by atoms with Gasteiger partial charge in [-0.1, -0.05) is 6.92 Å². The van der Waals surface area contributed by atoms with E-state index in [1.807, 2.05) is 20.8 Å². The summed E-state index contributed by atoms with van der Waals surface area (Å²) in [5.74, 6) is 0.285. The second-order valence-corrected chi connectivity index (χ2v) is 8.46. The number of hydrogen-bond acceptors (Lipinski definition) is 4. The van der Waals surface area contributed by atoms with Crippen LogP contribution in [0.5, 0.6) is 5.75 Å². The van der Waals surface area contributed by atoms with Gasteiger partial charge in [0.1, 0.15) is 10.6 Å². The van der Waals surface area contributed by atoms with Crippen LogP contribution in [-0.4, -0.2) is 45.4 Å². The van der Waals surface area contributed by atoms with Crippen LogP contribution >= 0.6 is 0 Å². The highest BCUT2D eigenvalue weighted by Crippen LogP contribution is 2.32. The first-order valence-corrected chi connectivity index (χ1v) is 10.2. The Labute approximate surface area is 150 Å². The number of piperidine rings is 1. The second kappa shape index (κ2) is 8.19. The normalized spacial score (nSPS) is 16.6. The predicted octanol–water partition coefficient (Wildman–Crippen LogP) is 2.24. The van der Waals surface area contributed by atoms with E-state index in [0.717, 1.165) is 17.5 Å². The van der Waals surface area contributed by atoms with E-state index in [0.29, 0.717) is 38.2 Å². The molecular weight excluding hydrogens is 340 g/mol. The first-order chi connectivity index (χ1) is 11.8. The SMILES string of the molecule is CCCNC(=O)C1CCN(S(=O)(=O)c2cc(C)c(C)cc2OC)CC1. The van der Waals surface area contributed by atoms with Crippen molar-refractivity contribution >= 4 is 15.9 Å². The highest BCUT2D eigenvalue weighted by molar-refractivity contribution is 7.89. The number of rotatable bonds is 6. The number of carbonyl (C=O) groups is 1. The molecule has 0 saturated carbocycles. The molecule has 1 fully saturated rings. The van der Waals surface area contributed by atoms with Crippen LogP contribution in [0.2, 0.25) is 0 Å². The standard InChI is InChI=1S/C18H28N2O4S/c1-5-8-19-18(21)15-6-9-20(10-7-15)25(22,23)17-12-14(3)13(2)11-16(17)24-4/h11-12,15H,5-10H2,1-4H3,(H,19,21). The zero-order valence-electron chi connectivity index (χ0n) is 15.5. The van der Waals surface area contributed by atoms with Gasteiger partial charge in [-0.05, 0) is 56.4 Å². The number of sulfonamides is 1. The largest absolute Gasteiger partial charge is 0.495 e. The van der Waals surface area contributed by atoms with E-state index < -0.39 is 10.0 Å². The molecule has 2 rings (SSSR count). The highest BCUT2D eigenvalue weighted by Gasteiger charge is 2.33. The Balaban J connectivity index is 2.15. The second-order valence-electron chi connectivity index (χ2n) is 6.56. The lowest BCUT2D eigenvalue weighted by molar-refractivity contribution is -0.126. The van der Waals surface area contributed by atoms with Gasteiger partial charge < -0.3 is 10.1 Å². The number of hydrogen-bond donors (Lipinski definition) is 1. The summed E-state index contributed by atoms with van der Waals surface area (Å²) in [7, 11) is -2.15. The first kappa shape index (κ1) is 19.7. The first-order valence-electron chi connectivity index (χ1n) is 8.74. The average Bonchev–Trinajstić information content (AvgIpc) is 2.61. The number of nitrogens with zero attached hydrogens (tertiary/aromatic N) is 1. The lowest BCUT2D eigenvalue weighted by atomic mass is 9.97. The molecule has 1 amide bonds. The Hall–Kier alpha value is -1.60. The fourth-order valence-corrected chi connectivity index (χ4v) is 4.71. The van der Waals surface area contributed by atoms with Crippen molar-refractivity contribution in [2.24, 2.45) is 5.92 Å². The number of ether oxygens (including phenoxy) is 1. The van der Waals surface area contributed by atoms with Crippen molar-refractivity contribution in [2.75, 3.05) is 26.7 Å². The maximum absolute atomic E-state index is 13.0. The molecule has 6 nitrogen and oxygen atoms in total. The van der Waals surface area contributed by atoms with E-state index >= 15 is 0 Å². The third-order valence-electron chi connectivity index (χ3n) is 4.77. The number of nitrogens with one attached hydrogen (secondary N) is 1. The zero-order valence-corrected chi connectivity index (χ0v) is 16.3. The van der Waals surface area contributed by atoms with Gasteiger partial charge >= 0.3 is 0 Å². The van der Waals surface area contributed by atoms with Gasteiger partial charge in [-0.3, -0.25) is 4.79 Å². The minimum Gasteiger partial charge on any atom is -0.495 e. The van der Waals surface area contributed by atoms with E-state index in [2.05, 4.69) is 5.32 Å². The third kappa shape index (κ3) is 4.33. The molecule has 1 aromatic carbocycles. The molecule has 0 aliphatic carbocycles. The van der Waals surface area contributed by atoms with Crippen LogP contribution in [0.4, 0.5) is 0 Å². The number of methoxy groups -OCH3 is 1. The maximum atomic E-state index is 13.0.